The molecular formula is C24H29BrN4O3. The minimum Gasteiger partial charge on any atom is -0.376 e. The summed E-state index contributed by atoms with van der Waals surface area (Å²) in [6, 6.07) is 12.6. The summed E-state index contributed by atoms with van der Waals surface area (Å²) in [5, 5.41) is 8.69. The number of piperidine rings is 1. The summed E-state index contributed by atoms with van der Waals surface area (Å²) >= 11 is 3.43. The first-order valence-corrected chi connectivity index (χ1v) is 12.0. The number of hydrogen-bond acceptors (Lipinski definition) is 4. The largest absolute Gasteiger partial charge is 0.376 e. The molecule has 4 rings (SSSR count). The number of para-hydroxylation sites is 1. The molecule has 8 heteroatoms. The number of carbonyl (C=O) groups excluding carboxylic acids is 2. The van der Waals surface area contributed by atoms with Crippen LogP contribution in [-0.2, 0) is 4.74 Å². The van der Waals surface area contributed by atoms with Crippen molar-refractivity contribution in [3.05, 3.63) is 52.5 Å². The highest BCUT2D eigenvalue weighted by molar-refractivity contribution is 9.10. The molecule has 2 aromatic rings. The van der Waals surface area contributed by atoms with Crippen molar-refractivity contribution in [2.24, 2.45) is 0 Å². The van der Waals surface area contributed by atoms with Crippen LogP contribution in [-0.4, -0.2) is 44.3 Å². The summed E-state index contributed by atoms with van der Waals surface area (Å²) in [7, 11) is 0. The average Bonchev–Trinajstić information content (AvgIpc) is 3.33. The number of halogens is 1. The van der Waals surface area contributed by atoms with Gasteiger partial charge in [-0.3, -0.25) is 4.79 Å². The van der Waals surface area contributed by atoms with E-state index in [1.54, 1.807) is 6.07 Å². The summed E-state index contributed by atoms with van der Waals surface area (Å²) in [6.07, 6.45) is 5.53. The van der Waals surface area contributed by atoms with Gasteiger partial charge < -0.3 is 25.6 Å². The molecule has 3 amide bonds. The van der Waals surface area contributed by atoms with Gasteiger partial charge in [-0.15, -0.1) is 0 Å². The molecule has 0 bridgehead atoms. The van der Waals surface area contributed by atoms with Gasteiger partial charge in [0.2, 0.25) is 0 Å². The van der Waals surface area contributed by atoms with Gasteiger partial charge in [-0.1, -0.05) is 12.1 Å². The molecule has 0 spiro atoms. The number of nitrogens with one attached hydrogen (secondary N) is 3. The lowest BCUT2D eigenvalue weighted by Gasteiger charge is -2.30. The minimum absolute atomic E-state index is 0.0776. The molecule has 7 nitrogen and oxygen atoms in total. The maximum Gasteiger partial charge on any atom is 0.323 e. The molecule has 32 heavy (non-hydrogen) atoms. The van der Waals surface area contributed by atoms with Crippen LogP contribution in [0.25, 0.3) is 0 Å². The predicted molar refractivity (Wildman–Crippen MR) is 131 cm³/mol. The Morgan fingerprint density at radius 3 is 2.59 bits per heavy atom. The summed E-state index contributed by atoms with van der Waals surface area (Å²) in [6.45, 7) is 3.12. The Morgan fingerprint density at radius 1 is 1.03 bits per heavy atom. The predicted octanol–water partition coefficient (Wildman–Crippen LogP) is 4.99. The summed E-state index contributed by atoms with van der Waals surface area (Å²) in [5.41, 5.74) is 2.72. The molecule has 170 valence electrons. The molecule has 3 N–H and O–H groups in total. The lowest BCUT2D eigenvalue weighted by Crippen LogP contribution is -2.35. The van der Waals surface area contributed by atoms with Crippen molar-refractivity contribution in [2.45, 2.75) is 38.2 Å². The average molecular weight is 501 g/mol. The van der Waals surface area contributed by atoms with Crippen LogP contribution in [0.1, 0.15) is 42.5 Å². The maximum absolute atomic E-state index is 13.1. The van der Waals surface area contributed by atoms with Crippen molar-refractivity contribution in [1.29, 1.82) is 0 Å². The van der Waals surface area contributed by atoms with Gasteiger partial charge in [0, 0.05) is 42.1 Å². The summed E-state index contributed by atoms with van der Waals surface area (Å²) in [4.78, 5) is 27.9. The molecule has 2 fully saturated rings. The smallest absolute Gasteiger partial charge is 0.323 e. The highest BCUT2D eigenvalue weighted by atomic mass is 79.9. The number of benzene rings is 2. The van der Waals surface area contributed by atoms with Crippen LogP contribution in [0, 0.1) is 0 Å². The summed E-state index contributed by atoms with van der Waals surface area (Å²) in [5.74, 6) is -0.143. The number of anilines is 3. The van der Waals surface area contributed by atoms with Gasteiger partial charge in [0.05, 0.1) is 17.4 Å². The van der Waals surface area contributed by atoms with Gasteiger partial charge in [0.25, 0.3) is 5.91 Å². The van der Waals surface area contributed by atoms with Crippen LogP contribution < -0.4 is 20.9 Å². The van der Waals surface area contributed by atoms with Gasteiger partial charge in [-0.25, -0.2) is 4.79 Å². The van der Waals surface area contributed by atoms with E-state index in [1.807, 2.05) is 36.4 Å². The Hall–Kier alpha value is -2.58. The van der Waals surface area contributed by atoms with Crippen LogP contribution in [0.5, 0.6) is 0 Å². The number of rotatable bonds is 6. The van der Waals surface area contributed by atoms with Gasteiger partial charge in [0.1, 0.15) is 0 Å². The first kappa shape index (κ1) is 22.6. The van der Waals surface area contributed by atoms with Crippen LogP contribution in [0.15, 0.2) is 46.9 Å². The number of ether oxygens (including phenoxy) is 1. The monoisotopic (exact) mass is 500 g/mol. The van der Waals surface area contributed by atoms with Crippen LogP contribution in [0.2, 0.25) is 0 Å². The maximum atomic E-state index is 13.1. The SMILES string of the molecule is O=C(Nc1ccc(N2CCCCC2)c(C(=O)NCC2CCCO2)c1)Nc1ccccc1Br. The van der Waals surface area contributed by atoms with E-state index in [2.05, 4.69) is 36.8 Å². The zero-order chi connectivity index (χ0) is 22.3. The van der Waals surface area contributed by atoms with Gasteiger partial charge in [0.15, 0.2) is 0 Å². The molecule has 0 aliphatic carbocycles. The molecule has 0 aromatic heterocycles. The Kier molecular flexibility index (Phi) is 7.65. The normalized spacial score (nSPS) is 18.3. The number of nitrogens with zero attached hydrogens (tertiary/aromatic N) is 1. The Balaban J connectivity index is 1.50. The van der Waals surface area contributed by atoms with Gasteiger partial charge in [-0.2, -0.15) is 0 Å². The quantitative estimate of drug-likeness (QED) is 0.521. The third-order valence-electron chi connectivity index (χ3n) is 5.83. The molecule has 2 aliphatic rings. The van der Waals surface area contributed by atoms with Crippen molar-refractivity contribution in [1.82, 2.24) is 5.32 Å². The molecule has 2 heterocycles. The fourth-order valence-electron chi connectivity index (χ4n) is 4.16. The van der Waals surface area contributed by atoms with E-state index < -0.39 is 0 Å². The van der Waals surface area contributed by atoms with Crippen molar-refractivity contribution in [3.8, 4) is 0 Å². The van der Waals surface area contributed by atoms with Crippen molar-refractivity contribution in [2.75, 3.05) is 41.8 Å². The highest BCUT2D eigenvalue weighted by Gasteiger charge is 2.22. The highest BCUT2D eigenvalue weighted by Crippen LogP contribution is 2.28. The van der Waals surface area contributed by atoms with Crippen molar-refractivity contribution in [3.63, 3.8) is 0 Å². The standard InChI is InChI=1S/C24H29BrN4O3/c25-20-8-2-3-9-21(20)28-24(31)27-17-10-11-22(29-12-4-1-5-13-29)19(15-17)23(30)26-16-18-7-6-14-32-18/h2-3,8-11,15,18H,1,4-7,12-14,16H2,(H,26,30)(H2,27,28,31). The third-order valence-corrected chi connectivity index (χ3v) is 6.52. The van der Waals surface area contributed by atoms with E-state index in [9.17, 15) is 9.59 Å². The lowest BCUT2D eigenvalue weighted by atomic mass is 10.1. The fraction of sp³-hybridized carbons (Fsp3) is 0.417. The first-order valence-electron chi connectivity index (χ1n) is 11.2. The van der Waals surface area contributed by atoms with Crippen LogP contribution in [0.4, 0.5) is 21.9 Å². The van der Waals surface area contributed by atoms with Gasteiger partial charge in [-0.05, 0) is 78.4 Å². The molecule has 2 aliphatic heterocycles. The first-order chi connectivity index (χ1) is 15.6. The van der Waals surface area contributed by atoms with Gasteiger partial charge >= 0.3 is 6.03 Å². The minimum atomic E-state index is -0.367. The second kappa shape index (κ2) is 10.8. The van der Waals surface area contributed by atoms with E-state index in [0.717, 1.165) is 55.5 Å². The number of carbonyl (C=O) groups is 2. The Labute approximate surface area is 197 Å². The van der Waals surface area contributed by atoms with E-state index in [1.165, 1.54) is 6.42 Å². The molecule has 1 atom stereocenters. The number of amides is 3. The van der Waals surface area contributed by atoms with E-state index >= 15 is 0 Å². The van der Waals surface area contributed by atoms with E-state index in [4.69, 9.17) is 4.74 Å². The van der Waals surface area contributed by atoms with E-state index in [0.29, 0.717) is 23.5 Å². The number of urea groups is 1. The molecule has 2 saturated heterocycles. The molecule has 0 saturated carbocycles. The molecule has 1 unspecified atom stereocenters. The zero-order valence-electron chi connectivity index (χ0n) is 18.0. The topological polar surface area (TPSA) is 82.7 Å². The van der Waals surface area contributed by atoms with Crippen LogP contribution in [0.3, 0.4) is 0 Å². The number of hydrogen-bond donors (Lipinski definition) is 3. The molecule has 2 aromatic carbocycles. The second-order valence-electron chi connectivity index (χ2n) is 8.18. The second-order valence-corrected chi connectivity index (χ2v) is 9.04. The summed E-state index contributed by atoms with van der Waals surface area (Å²) < 4.78 is 6.43. The molecule has 0 radical (unpaired) electrons. The van der Waals surface area contributed by atoms with E-state index in [-0.39, 0.29) is 18.0 Å². The molecular weight excluding hydrogens is 472 g/mol. The third kappa shape index (κ3) is 5.81. The Morgan fingerprint density at radius 2 is 1.84 bits per heavy atom. The van der Waals surface area contributed by atoms with Crippen molar-refractivity contribution < 1.29 is 14.3 Å². The van der Waals surface area contributed by atoms with Crippen LogP contribution >= 0.6 is 15.9 Å². The fourth-order valence-corrected chi connectivity index (χ4v) is 4.54. The Bertz CT molecular complexity index is 956. The zero-order valence-corrected chi connectivity index (χ0v) is 19.6. The van der Waals surface area contributed by atoms with Crippen molar-refractivity contribution >= 4 is 44.9 Å². The lowest BCUT2D eigenvalue weighted by molar-refractivity contribution is 0.0858.